The molecule has 5 heteroatoms. The molecule has 26 heavy (non-hydrogen) atoms. The number of anilines is 1. The van der Waals surface area contributed by atoms with Crippen molar-refractivity contribution in [1.82, 2.24) is 0 Å². The van der Waals surface area contributed by atoms with Gasteiger partial charge in [-0.3, -0.25) is 5.43 Å². The monoisotopic (exact) mass is 368 g/mol. The Kier molecular flexibility index (Phi) is 5.87. The summed E-state index contributed by atoms with van der Waals surface area (Å²) in [5, 5.41) is 4.56. The molecule has 0 fully saturated rings. The lowest BCUT2D eigenvalue weighted by Gasteiger charge is -2.09. The molecule has 0 amide bonds. The summed E-state index contributed by atoms with van der Waals surface area (Å²) in [4.78, 5) is 0. The van der Waals surface area contributed by atoms with E-state index in [1.54, 1.807) is 18.3 Å². The van der Waals surface area contributed by atoms with Gasteiger partial charge in [0.2, 0.25) is 0 Å². The second kappa shape index (κ2) is 8.50. The Balaban J connectivity index is 1.56. The molecule has 0 heterocycles. The van der Waals surface area contributed by atoms with Crippen LogP contribution in [0.4, 0.5) is 10.1 Å². The van der Waals surface area contributed by atoms with E-state index in [0.29, 0.717) is 16.3 Å². The van der Waals surface area contributed by atoms with E-state index in [1.165, 1.54) is 11.6 Å². The topological polar surface area (TPSA) is 33.6 Å². The van der Waals surface area contributed by atoms with E-state index >= 15 is 0 Å². The highest BCUT2D eigenvalue weighted by molar-refractivity contribution is 6.31. The van der Waals surface area contributed by atoms with Crippen LogP contribution in [0.25, 0.3) is 0 Å². The van der Waals surface area contributed by atoms with E-state index < -0.39 is 0 Å². The van der Waals surface area contributed by atoms with Crippen LogP contribution in [0.15, 0.2) is 71.8 Å². The molecule has 0 spiro atoms. The fourth-order valence-corrected chi connectivity index (χ4v) is 2.50. The van der Waals surface area contributed by atoms with Gasteiger partial charge in [-0.1, -0.05) is 35.4 Å². The minimum atomic E-state index is -0.372. The van der Waals surface area contributed by atoms with Crippen LogP contribution in [0.2, 0.25) is 5.02 Å². The zero-order chi connectivity index (χ0) is 18.4. The number of hydrogen-bond acceptors (Lipinski definition) is 3. The maximum absolute atomic E-state index is 13.7. The minimum absolute atomic E-state index is 0.0773. The van der Waals surface area contributed by atoms with Crippen molar-refractivity contribution in [1.29, 1.82) is 0 Å². The van der Waals surface area contributed by atoms with Crippen molar-refractivity contribution in [2.24, 2.45) is 5.10 Å². The predicted molar refractivity (Wildman–Crippen MR) is 105 cm³/mol. The molecule has 0 atom stereocenters. The van der Waals surface area contributed by atoms with Gasteiger partial charge >= 0.3 is 0 Å². The van der Waals surface area contributed by atoms with E-state index in [9.17, 15) is 4.39 Å². The zero-order valence-corrected chi connectivity index (χ0v) is 15.0. The first kappa shape index (κ1) is 18.0. The van der Waals surface area contributed by atoms with Crippen molar-refractivity contribution in [3.8, 4) is 5.75 Å². The highest BCUT2D eigenvalue weighted by Crippen LogP contribution is 2.21. The van der Waals surface area contributed by atoms with Crippen LogP contribution in [-0.2, 0) is 6.61 Å². The molecule has 0 radical (unpaired) electrons. The Labute approximate surface area is 157 Å². The fraction of sp³-hybridized carbons (Fsp3) is 0.0952. The summed E-state index contributed by atoms with van der Waals surface area (Å²) in [5.74, 6) is 0.261. The van der Waals surface area contributed by atoms with Crippen LogP contribution in [0.5, 0.6) is 5.75 Å². The van der Waals surface area contributed by atoms with Crippen LogP contribution in [0, 0.1) is 12.7 Å². The number of nitrogens with zero attached hydrogens (tertiary/aromatic N) is 1. The van der Waals surface area contributed by atoms with Crippen molar-refractivity contribution in [2.45, 2.75) is 13.5 Å². The second-order valence-electron chi connectivity index (χ2n) is 5.79. The van der Waals surface area contributed by atoms with Crippen LogP contribution in [-0.4, -0.2) is 6.21 Å². The van der Waals surface area contributed by atoms with Gasteiger partial charge in [-0.15, -0.1) is 0 Å². The van der Waals surface area contributed by atoms with E-state index in [1.807, 2.05) is 55.5 Å². The van der Waals surface area contributed by atoms with E-state index in [-0.39, 0.29) is 12.4 Å². The third kappa shape index (κ3) is 4.83. The molecule has 0 bridgehead atoms. The summed E-state index contributed by atoms with van der Waals surface area (Å²) in [6.45, 7) is 2.12. The Morgan fingerprint density at radius 1 is 1.04 bits per heavy atom. The van der Waals surface area contributed by atoms with Gasteiger partial charge in [-0.25, -0.2) is 4.39 Å². The van der Waals surface area contributed by atoms with Gasteiger partial charge in [0.1, 0.15) is 18.2 Å². The number of halogens is 2. The lowest BCUT2D eigenvalue weighted by molar-refractivity contribution is 0.300. The number of nitrogens with one attached hydrogen (secondary N) is 1. The van der Waals surface area contributed by atoms with Gasteiger partial charge in [0.15, 0.2) is 0 Å². The number of aryl methyl sites for hydroxylation is 1. The molecule has 3 aromatic rings. The summed E-state index contributed by atoms with van der Waals surface area (Å²) in [7, 11) is 0. The second-order valence-corrected chi connectivity index (χ2v) is 6.20. The molecular formula is C21H18ClFN2O. The first-order valence-electron chi connectivity index (χ1n) is 8.13. The van der Waals surface area contributed by atoms with Crippen molar-refractivity contribution < 1.29 is 9.13 Å². The highest BCUT2D eigenvalue weighted by atomic mass is 35.5. The zero-order valence-electron chi connectivity index (χ0n) is 14.2. The van der Waals surface area contributed by atoms with Crippen LogP contribution in [0.3, 0.4) is 0 Å². The summed E-state index contributed by atoms with van der Waals surface area (Å²) in [5.41, 5.74) is 6.37. The minimum Gasteiger partial charge on any atom is -0.489 e. The number of hydrazone groups is 1. The van der Waals surface area contributed by atoms with Gasteiger partial charge in [0.25, 0.3) is 0 Å². The first-order valence-corrected chi connectivity index (χ1v) is 8.51. The quantitative estimate of drug-likeness (QED) is 0.440. The number of benzene rings is 3. The lowest BCUT2D eigenvalue weighted by atomic mass is 10.2. The molecule has 3 aromatic carbocycles. The molecule has 0 aliphatic carbocycles. The standard InChI is InChI=1S/C21H18ClFN2O/c1-15-5-9-17(10-6-15)25-24-13-16-7-11-18(12-8-16)26-14-19-20(22)3-2-4-21(19)23/h2-13,25H,14H2,1H3. The first-order chi connectivity index (χ1) is 12.6. The molecule has 0 aromatic heterocycles. The Morgan fingerprint density at radius 3 is 2.46 bits per heavy atom. The SMILES string of the molecule is Cc1ccc(NN=Cc2ccc(OCc3c(F)cccc3Cl)cc2)cc1. The average molecular weight is 369 g/mol. The van der Waals surface area contributed by atoms with Crippen molar-refractivity contribution >= 4 is 23.5 Å². The summed E-state index contributed by atoms with van der Waals surface area (Å²) in [6.07, 6.45) is 1.72. The van der Waals surface area contributed by atoms with E-state index in [0.717, 1.165) is 11.3 Å². The summed E-state index contributed by atoms with van der Waals surface area (Å²) in [6, 6.07) is 19.9. The van der Waals surface area contributed by atoms with Gasteiger partial charge in [-0.05, 0) is 61.0 Å². The lowest BCUT2D eigenvalue weighted by Crippen LogP contribution is -1.99. The molecule has 3 rings (SSSR count). The predicted octanol–water partition coefficient (Wildman–Crippen LogP) is 5.81. The highest BCUT2D eigenvalue weighted by Gasteiger charge is 2.07. The molecule has 1 N–H and O–H groups in total. The maximum atomic E-state index is 13.7. The normalized spacial score (nSPS) is 10.9. The molecule has 0 saturated heterocycles. The number of rotatable bonds is 6. The molecule has 3 nitrogen and oxygen atoms in total. The Morgan fingerprint density at radius 2 is 1.77 bits per heavy atom. The number of hydrogen-bond donors (Lipinski definition) is 1. The third-order valence-corrected chi connectivity index (χ3v) is 4.14. The average Bonchev–Trinajstić information content (AvgIpc) is 2.64. The van der Waals surface area contributed by atoms with Crippen LogP contribution < -0.4 is 10.2 Å². The van der Waals surface area contributed by atoms with Gasteiger partial charge in [0.05, 0.1) is 16.9 Å². The number of ether oxygens (including phenoxy) is 1. The van der Waals surface area contributed by atoms with Gasteiger partial charge < -0.3 is 4.74 Å². The molecule has 0 unspecified atom stereocenters. The maximum Gasteiger partial charge on any atom is 0.131 e. The molecule has 0 aliphatic rings. The van der Waals surface area contributed by atoms with E-state index in [4.69, 9.17) is 16.3 Å². The summed E-state index contributed by atoms with van der Waals surface area (Å²) >= 11 is 5.99. The summed E-state index contributed by atoms with van der Waals surface area (Å²) < 4.78 is 19.3. The van der Waals surface area contributed by atoms with Crippen molar-refractivity contribution in [3.05, 3.63) is 94.3 Å². The fourth-order valence-electron chi connectivity index (χ4n) is 2.29. The third-order valence-electron chi connectivity index (χ3n) is 3.78. The van der Waals surface area contributed by atoms with Crippen LogP contribution >= 0.6 is 11.6 Å². The Bertz CT molecular complexity index is 873. The van der Waals surface area contributed by atoms with Crippen molar-refractivity contribution in [3.63, 3.8) is 0 Å². The largest absolute Gasteiger partial charge is 0.489 e. The van der Waals surface area contributed by atoms with Gasteiger partial charge in [0, 0.05) is 5.56 Å². The van der Waals surface area contributed by atoms with Gasteiger partial charge in [-0.2, -0.15) is 5.10 Å². The molecule has 132 valence electrons. The molecule has 0 aliphatic heterocycles. The Hall–Kier alpha value is -2.85. The molecule has 0 saturated carbocycles. The molecular weight excluding hydrogens is 351 g/mol. The van der Waals surface area contributed by atoms with Crippen LogP contribution in [0.1, 0.15) is 16.7 Å². The van der Waals surface area contributed by atoms with E-state index in [2.05, 4.69) is 10.5 Å². The smallest absolute Gasteiger partial charge is 0.131 e. The van der Waals surface area contributed by atoms with Crippen molar-refractivity contribution in [2.75, 3.05) is 5.43 Å².